The highest BCUT2D eigenvalue weighted by atomic mass is 15.2. The van der Waals surface area contributed by atoms with Crippen LogP contribution in [0.2, 0.25) is 0 Å². The van der Waals surface area contributed by atoms with Gasteiger partial charge in [-0.25, -0.2) is 9.97 Å². The van der Waals surface area contributed by atoms with Crippen molar-refractivity contribution in [2.24, 2.45) is 0 Å². The summed E-state index contributed by atoms with van der Waals surface area (Å²) in [6, 6.07) is 58.0. The molecular weight excluding hydrogens is 599 g/mol. The molecule has 0 saturated carbocycles. The van der Waals surface area contributed by atoms with Crippen molar-refractivity contribution in [3.63, 3.8) is 0 Å². The van der Waals surface area contributed by atoms with E-state index in [-0.39, 0.29) is 0 Å². The van der Waals surface area contributed by atoms with Gasteiger partial charge in [-0.2, -0.15) is 0 Å². The number of hydrogen-bond acceptors (Lipinski definition) is 2. The molecule has 5 nitrogen and oxygen atoms in total. The van der Waals surface area contributed by atoms with Gasteiger partial charge in [0.25, 0.3) is 0 Å². The summed E-state index contributed by atoms with van der Waals surface area (Å²) in [4.78, 5) is 10.8. The molecule has 49 heavy (non-hydrogen) atoms. The van der Waals surface area contributed by atoms with Crippen molar-refractivity contribution in [1.82, 2.24) is 23.7 Å². The van der Waals surface area contributed by atoms with Crippen molar-refractivity contribution < 1.29 is 0 Å². The average molecular weight is 626 g/mol. The highest BCUT2D eigenvalue weighted by Gasteiger charge is 2.26. The topological polar surface area (TPSA) is 40.6 Å². The van der Waals surface area contributed by atoms with E-state index in [1.807, 2.05) is 6.07 Å². The van der Waals surface area contributed by atoms with Crippen LogP contribution < -0.4 is 0 Å². The predicted molar refractivity (Wildman–Crippen MR) is 202 cm³/mol. The first kappa shape index (κ1) is 26.4. The first-order valence-electron chi connectivity index (χ1n) is 16.6. The lowest BCUT2D eigenvalue weighted by Gasteiger charge is -2.14. The summed E-state index contributed by atoms with van der Waals surface area (Å²) in [6.45, 7) is 0. The van der Waals surface area contributed by atoms with Gasteiger partial charge in [-0.1, -0.05) is 97.1 Å². The van der Waals surface area contributed by atoms with Crippen molar-refractivity contribution in [3.8, 4) is 28.6 Å². The van der Waals surface area contributed by atoms with Crippen molar-refractivity contribution in [3.05, 3.63) is 164 Å². The molecule has 0 saturated heterocycles. The summed E-state index contributed by atoms with van der Waals surface area (Å²) < 4.78 is 7.11. The Balaban J connectivity index is 1.40. The van der Waals surface area contributed by atoms with Crippen LogP contribution in [-0.2, 0) is 0 Å². The van der Waals surface area contributed by atoms with Gasteiger partial charge in [0.1, 0.15) is 0 Å². The number of rotatable bonds is 4. The van der Waals surface area contributed by atoms with Gasteiger partial charge < -0.3 is 9.13 Å². The first-order valence-corrected chi connectivity index (χ1v) is 16.6. The summed E-state index contributed by atoms with van der Waals surface area (Å²) in [5.41, 5.74) is 11.9. The van der Waals surface area contributed by atoms with Gasteiger partial charge in [-0.3, -0.25) is 4.57 Å². The number of hydrogen-bond donors (Lipinski definition) is 0. The van der Waals surface area contributed by atoms with E-state index in [4.69, 9.17) is 9.97 Å². The third-order valence-electron chi connectivity index (χ3n) is 10.0. The average Bonchev–Trinajstić information content (AvgIpc) is 3.65. The van der Waals surface area contributed by atoms with Crippen LogP contribution in [-0.4, -0.2) is 23.7 Å². The van der Waals surface area contributed by atoms with Crippen LogP contribution in [0.3, 0.4) is 0 Å². The largest absolute Gasteiger partial charge is 0.309 e. The molecule has 11 rings (SSSR count). The van der Waals surface area contributed by atoms with E-state index in [1.165, 1.54) is 32.6 Å². The second-order valence-electron chi connectivity index (χ2n) is 12.6. The molecule has 0 bridgehead atoms. The number of benzene rings is 7. The molecule has 4 heterocycles. The van der Waals surface area contributed by atoms with Gasteiger partial charge in [-0.15, -0.1) is 0 Å². The molecule has 228 valence electrons. The van der Waals surface area contributed by atoms with E-state index >= 15 is 0 Å². The lowest BCUT2D eigenvalue weighted by molar-refractivity contribution is 1.01. The van der Waals surface area contributed by atoms with Gasteiger partial charge in [0.2, 0.25) is 5.95 Å². The third kappa shape index (κ3) is 3.59. The van der Waals surface area contributed by atoms with Crippen molar-refractivity contribution >= 4 is 65.5 Å². The molecule has 0 aliphatic rings. The van der Waals surface area contributed by atoms with E-state index in [0.29, 0.717) is 5.95 Å². The Morgan fingerprint density at radius 1 is 0.327 bits per heavy atom. The van der Waals surface area contributed by atoms with Gasteiger partial charge in [0.05, 0.1) is 44.3 Å². The molecule has 0 amide bonds. The molecule has 7 aromatic carbocycles. The number of nitrogens with zero attached hydrogens (tertiary/aromatic N) is 5. The Labute approximate surface area is 280 Å². The fraction of sp³-hybridized carbons (Fsp3) is 0. The van der Waals surface area contributed by atoms with Gasteiger partial charge in [0.15, 0.2) is 0 Å². The smallest absolute Gasteiger partial charge is 0.235 e. The predicted octanol–water partition coefficient (Wildman–Crippen LogP) is 10.9. The Morgan fingerprint density at radius 3 is 1.33 bits per heavy atom. The van der Waals surface area contributed by atoms with Crippen LogP contribution in [0.5, 0.6) is 0 Å². The highest BCUT2D eigenvalue weighted by Crippen LogP contribution is 2.47. The second-order valence-corrected chi connectivity index (χ2v) is 12.6. The standard InChI is InChI=1S/C44H27N5/c1-4-14-28(15-5-1)43-31-20-10-11-21-32(31)45-44(46-43)49-35-24-12-22-33-39(35)41-37(47(33)29-16-6-2-7-17-29)26-27-38-42(41)40-34(23-13-25-36(40)49)48(38)30-18-8-3-9-19-30/h1-27H. The Kier molecular flexibility index (Phi) is 5.32. The van der Waals surface area contributed by atoms with Crippen LogP contribution in [0.1, 0.15) is 0 Å². The Bertz CT molecular complexity index is 2880. The molecule has 0 radical (unpaired) electrons. The SMILES string of the molecule is c1ccc(-c2nc(-n3c4cccc5c4c4c6c7c(cccc73)n(-c3ccccc3)c6ccc4n5-c3ccccc3)nc3ccccc23)cc1. The zero-order valence-electron chi connectivity index (χ0n) is 26.3. The highest BCUT2D eigenvalue weighted by molar-refractivity contribution is 6.35. The van der Waals surface area contributed by atoms with E-state index < -0.39 is 0 Å². The minimum atomic E-state index is 0.645. The Hall–Kier alpha value is -6.72. The molecule has 0 atom stereocenters. The maximum absolute atomic E-state index is 5.43. The Morgan fingerprint density at radius 2 is 0.776 bits per heavy atom. The van der Waals surface area contributed by atoms with E-state index in [1.54, 1.807) is 0 Å². The lowest BCUT2D eigenvalue weighted by atomic mass is 10.1. The normalized spacial score (nSPS) is 12.1. The number of para-hydroxylation sites is 3. The summed E-state index contributed by atoms with van der Waals surface area (Å²) in [7, 11) is 0. The fourth-order valence-electron chi connectivity index (χ4n) is 8.07. The molecule has 0 aliphatic heterocycles. The molecule has 0 aliphatic carbocycles. The van der Waals surface area contributed by atoms with E-state index in [2.05, 4.69) is 171 Å². The summed E-state index contributed by atoms with van der Waals surface area (Å²) >= 11 is 0. The summed E-state index contributed by atoms with van der Waals surface area (Å²) in [5.74, 6) is 0.645. The van der Waals surface area contributed by atoms with Crippen molar-refractivity contribution in [2.45, 2.75) is 0 Å². The molecular formula is C44H27N5. The molecule has 11 aromatic rings. The number of aromatic nitrogens is 5. The quantitative estimate of drug-likeness (QED) is 0.195. The molecule has 0 N–H and O–H groups in total. The van der Waals surface area contributed by atoms with Crippen molar-refractivity contribution in [1.29, 1.82) is 0 Å². The molecule has 0 spiro atoms. The third-order valence-corrected chi connectivity index (χ3v) is 10.0. The summed E-state index contributed by atoms with van der Waals surface area (Å²) in [5, 5.41) is 5.89. The van der Waals surface area contributed by atoms with Crippen molar-refractivity contribution in [2.75, 3.05) is 0 Å². The van der Waals surface area contributed by atoms with Gasteiger partial charge in [-0.05, 0) is 66.7 Å². The molecule has 0 unspecified atom stereocenters. The second kappa shape index (κ2) is 9.89. The van der Waals surface area contributed by atoms with E-state index in [0.717, 1.165) is 55.6 Å². The molecule has 4 aromatic heterocycles. The minimum Gasteiger partial charge on any atom is -0.309 e. The molecule has 5 heteroatoms. The maximum Gasteiger partial charge on any atom is 0.235 e. The van der Waals surface area contributed by atoms with Crippen LogP contribution in [0.25, 0.3) is 94.1 Å². The van der Waals surface area contributed by atoms with Crippen LogP contribution in [0.4, 0.5) is 0 Å². The fourth-order valence-corrected chi connectivity index (χ4v) is 8.07. The maximum atomic E-state index is 5.43. The van der Waals surface area contributed by atoms with Crippen LogP contribution in [0.15, 0.2) is 164 Å². The zero-order chi connectivity index (χ0) is 32.1. The van der Waals surface area contributed by atoms with E-state index in [9.17, 15) is 0 Å². The summed E-state index contributed by atoms with van der Waals surface area (Å²) in [6.07, 6.45) is 0. The minimum absolute atomic E-state index is 0.645. The first-order chi connectivity index (χ1) is 24.3. The lowest BCUT2D eigenvalue weighted by Crippen LogP contribution is -2.05. The number of fused-ring (bicyclic) bond motifs is 1. The van der Waals surface area contributed by atoms with Gasteiger partial charge >= 0.3 is 0 Å². The van der Waals surface area contributed by atoms with Crippen LogP contribution >= 0.6 is 0 Å². The van der Waals surface area contributed by atoms with Crippen LogP contribution in [0, 0.1) is 0 Å². The molecule has 0 fully saturated rings. The van der Waals surface area contributed by atoms with Gasteiger partial charge in [0, 0.05) is 43.9 Å². The zero-order valence-corrected chi connectivity index (χ0v) is 26.3. The monoisotopic (exact) mass is 625 g/mol.